The molecule has 0 bridgehead atoms. The molecule has 17 heavy (non-hydrogen) atoms. The zero-order chi connectivity index (χ0) is 12.5. The van der Waals surface area contributed by atoms with Gasteiger partial charge in [0.25, 0.3) is 0 Å². The molecule has 1 aromatic carbocycles. The summed E-state index contributed by atoms with van der Waals surface area (Å²) in [5, 5.41) is 4.15. The van der Waals surface area contributed by atoms with Crippen molar-refractivity contribution >= 4 is 23.4 Å². The number of halogens is 1. The van der Waals surface area contributed by atoms with E-state index in [0.717, 1.165) is 34.9 Å². The van der Waals surface area contributed by atoms with Crippen LogP contribution < -0.4 is 5.32 Å². The Labute approximate surface area is 113 Å². The summed E-state index contributed by atoms with van der Waals surface area (Å²) in [6.07, 6.45) is 8.29. The molecular weight excluding hydrogens is 250 g/mol. The number of unbranched alkanes of at least 4 members (excludes halogenated alkanes) is 1. The minimum absolute atomic E-state index is 0.490. The second-order valence-electron chi connectivity index (χ2n) is 3.82. The van der Waals surface area contributed by atoms with E-state index in [4.69, 9.17) is 18.0 Å². The third-order valence-corrected chi connectivity index (χ3v) is 4.24. The predicted octanol–water partition coefficient (Wildman–Crippen LogP) is 3.82. The van der Waals surface area contributed by atoms with Gasteiger partial charge in [-0.3, -0.25) is 0 Å². The van der Waals surface area contributed by atoms with Crippen molar-refractivity contribution in [1.29, 1.82) is 0 Å². The van der Waals surface area contributed by atoms with Crippen LogP contribution in [0.3, 0.4) is 0 Å². The van der Waals surface area contributed by atoms with Crippen molar-refractivity contribution in [1.82, 2.24) is 5.32 Å². The topological polar surface area (TPSA) is 12.0 Å². The summed E-state index contributed by atoms with van der Waals surface area (Å²) in [6.45, 7) is 0. The first-order chi connectivity index (χ1) is 8.27. The van der Waals surface area contributed by atoms with Crippen LogP contribution in [0, 0.1) is 12.3 Å². The van der Waals surface area contributed by atoms with Crippen molar-refractivity contribution in [3.63, 3.8) is 0 Å². The van der Waals surface area contributed by atoms with Gasteiger partial charge >= 0.3 is 0 Å². The Hall–Kier alpha value is -0.620. The smallest absolute Gasteiger partial charge is 0.0541 e. The largest absolute Gasteiger partial charge is 0.316 e. The average Bonchev–Trinajstić information content (AvgIpc) is 2.35. The zero-order valence-electron chi connectivity index (χ0n) is 10.1. The second kappa shape index (κ2) is 8.47. The van der Waals surface area contributed by atoms with Crippen LogP contribution in [-0.4, -0.2) is 18.8 Å². The molecule has 1 N–H and O–H groups in total. The van der Waals surface area contributed by atoms with Crippen LogP contribution in [-0.2, 0) is 0 Å². The van der Waals surface area contributed by atoms with Gasteiger partial charge in [-0.25, -0.2) is 0 Å². The third kappa shape index (κ3) is 5.50. The molecule has 0 spiro atoms. The molecule has 0 fully saturated rings. The maximum Gasteiger partial charge on any atom is 0.0541 e. The van der Waals surface area contributed by atoms with Crippen molar-refractivity contribution < 1.29 is 0 Å². The molecule has 0 aliphatic heterocycles. The van der Waals surface area contributed by atoms with Crippen LogP contribution in [0.15, 0.2) is 29.2 Å². The molecule has 1 rings (SSSR count). The fraction of sp³-hybridized carbons (Fsp3) is 0.429. The lowest BCUT2D eigenvalue weighted by atomic mass is 10.1. The van der Waals surface area contributed by atoms with E-state index in [9.17, 15) is 0 Å². The highest BCUT2D eigenvalue weighted by atomic mass is 35.5. The van der Waals surface area contributed by atoms with Gasteiger partial charge in [-0.2, -0.15) is 0 Å². The highest BCUT2D eigenvalue weighted by Crippen LogP contribution is 2.27. The lowest BCUT2D eigenvalue weighted by Crippen LogP contribution is -2.27. The minimum atomic E-state index is 0.490. The van der Waals surface area contributed by atoms with Crippen LogP contribution in [0.5, 0.6) is 0 Å². The summed E-state index contributed by atoms with van der Waals surface area (Å²) < 4.78 is 0. The molecule has 1 atom stereocenters. The van der Waals surface area contributed by atoms with Crippen LogP contribution in [0.4, 0.5) is 0 Å². The van der Waals surface area contributed by atoms with E-state index < -0.39 is 0 Å². The van der Waals surface area contributed by atoms with Crippen molar-refractivity contribution in [3.05, 3.63) is 29.3 Å². The van der Waals surface area contributed by atoms with E-state index in [-0.39, 0.29) is 0 Å². The van der Waals surface area contributed by atoms with Crippen LogP contribution in [0.25, 0.3) is 0 Å². The van der Waals surface area contributed by atoms with Crippen LogP contribution in [0.2, 0.25) is 5.02 Å². The lowest BCUT2D eigenvalue weighted by Gasteiger charge is -2.15. The van der Waals surface area contributed by atoms with Gasteiger partial charge < -0.3 is 5.32 Å². The van der Waals surface area contributed by atoms with Gasteiger partial charge in [-0.1, -0.05) is 23.7 Å². The monoisotopic (exact) mass is 267 g/mol. The number of rotatable bonds is 7. The Morgan fingerprint density at radius 3 is 2.88 bits per heavy atom. The summed E-state index contributed by atoms with van der Waals surface area (Å²) in [4.78, 5) is 1.14. The van der Waals surface area contributed by atoms with E-state index in [1.165, 1.54) is 0 Å². The lowest BCUT2D eigenvalue weighted by molar-refractivity contribution is 0.554. The van der Waals surface area contributed by atoms with Gasteiger partial charge in [0.05, 0.1) is 5.02 Å². The average molecular weight is 268 g/mol. The number of thioether (sulfide) groups is 1. The maximum atomic E-state index is 6.11. The quantitative estimate of drug-likeness (QED) is 0.458. The molecular formula is C14H18ClNS. The summed E-state index contributed by atoms with van der Waals surface area (Å²) >= 11 is 7.90. The van der Waals surface area contributed by atoms with Gasteiger partial charge in [0.2, 0.25) is 0 Å². The molecule has 1 aromatic rings. The van der Waals surface area contributed by atoms with E-state index >= 15 is 0 Å². The number of benzene rings is 1. The summed E-state index contributed by atoms with van der Waals surface area (Å²) in [6, 6.07) is 8.44. The first-order valence-electron chi connectivity index (χ1n) is 5.76. The van der Waals surface area contributed by atoms with Gasteiger partial charge in [0.1, 0.15) is 0 Å². The fourth-order valence-electron chi connectivity index (χ4n) is 1.51. The summed E-state index contributed by atoms with van der Waals surface area (Å²) in [7, 11) is 1.99. The van der Waals surface area contributed by atoms with E-state index in [1.54, 1.807) is 11.8 Å². The number of hydrogen-bond donors (Lipinski definition) is 1. The number of hydrogen-bond acceptors (Lipinski definition) is 2. The van der Waals surface area contributed by atoms with Crippen molar-refractivity contribution in [2.75, 3.05) is 12.8 Å². The normalized spacial score (nSPS) is 12.1. The first-order valence-corrected chi connectivity index (χ1v) is 7.12. The van der Waals surface area contributed by atoms with Gasteiger partial charge in [-0.05, 0) is 32.0 Å². The Morgan fingerprint density at radius 2 is 2.24 bits per heavy atom. The van der Waals surface area contributed by atoms with Crippen LogP contribution >= 0.6 is 23.4 Å². The van der Waals surface area contributed by atoms with E-state index in [2.05, 4.69) is 17.3 Å². The molecule has 3 heteroatoms. The predicted molar refractivity (Wildman–Crippen MR) is 77.7 cm³/mol. The minimum Gasteiger partial charge on any atom is -0.316 e. The van der Waals surface area contributed by atoms with Gasteiger partial charge in [0.15, 0.2) is 0 Å². The second-order valence-corrected chi connectivity index (χ2v) is 5.29. The maximum absolute atomic E-state index is 6.11. The highest BCUT2D eigenvalue weighted by Gasteiger charge is 2.07. The zero-order valence-corrected chi connectivity index (χ0v) is 11.7. The summed E-state index contributed by atoms with van der Waals surface area (Å²) in [5.74, 6) is 3.69. The molecule has 1 unspecified atom stereocenters. The molecule has 0 aliphatic rings. The van der Waals surface area contributed by atoms with Crippen molar-refractivity contribution in [3.8, 4) is 12.3 Å². The molecule has 0 aliphatic carbocycles. The van der Waals surface area contributed by atoms with Gasteiger partial charge in [0, 0.05) is 23.1 Å². The molecule has 0 saturated carbocycles. The molecule has 92 valence electrons. The Bertz CT molecular complexity index is 373. The molecule has 0 saturated heterocycles. The number of nitrogens with one attached hydrogen (secondary N) is 1. The Morgan fingerprint density at radius 1 is 1.47 bits per heavy atom. The molecule has 0 radical (unpaired) electrons. The fourth-order valence-corrected chi connectivity index (χ4v) is 2.91. The highest BCUT2D eigenvalue weighted by molar-refractivity contribution is 7.99. The van der Waals surface area contributed by atoms with Crippen molar-refractivity contribution in [2.45, 2.75) is 30.2 Å². The third-order valence-electron chi connectivity index (χ3n) is 2.56. The molecule has 0 aromatic heterocycles. The van der Waals surface area contributed by atoms with E-state index in [1.807, 2.05) is 25.2 Å². The SMILES string of the molecule is C#CCCCC(CSc1ccccc1Cl)NC. The van der Waals surface area contributed by atoms with Crippen LogP contribution in [0.1, 0.15) is 19.3 Å². The van der Waals surface area contributed by atoms with Crippen molar-refractivity contribution in [2.24, 2.45) is 0 Å². The molecule has 1 nitrogen and oxygen atoms in total. The number of terminal acetylenes is 1. The Balaban J connectivity index is 2.37. The summed E-state index contributed by atoms with van der Waals surface area (Å²) in [5.41, 5.74) is 0. The standard InChI is InChI=1S/C14H18ClNS/c1-3-4-5-8-12(16-2)11-17-14-10-7-6-9-13(14)15/h1,6-7,9-10,12,16H,4-5,8,11H2,2H3. The Kier molecular flexibility index (Phi) is 7.19. The van der Waals surface area contributed by atoms with Gasteiger partial charge in [-0.15, -0.1) is 24.1 Å². The first kappa shape index (κ1) is 14.4. The molecule has 0 amide bonds. The van der Waals surface area contributed by atoms with E-state index in [0.29, 0.717) is 6.04 Å². The molecule has 0 heterocycles.